The Morgan fingerprint density at radius 1 is 1.16 bits per heavy atom. The van der Waals surface area contributed by atoms with Crippen LogP contribution in [0, 0.1) is 6.92 Å². The lowest BCUT2D eigenvalue weighted by atomic mass is 10.2. The maximum Gasteiger partial charge on any atom is 0.338 e. The average molecular weight is 253 g/mol. The van der Waals surface area contributed by atoms with Gasteiger partial charge in [0, 0.05) is 0 Å². The Kier molecular flexibility index (Phi) is 2.52. The number of carboxylic acids is 1. The molecule has 0 bridgehead atoms. The van der Waals surface area contributed by atoms with Crippen LogP contribution in [0.25, 0.3) is 16.7 Å². The van der Waals surface area contributed by atoms with Crippen molar-refractivity contribution in [3.05, 3.63) is 53.6 Å². The number of rotatable bonds is 2. The first kappa shape index (κ1) is 11.4. The molecule has 0 unspecified atom stereocenters. The average Bonchev–Trinajstić information content (AvgIpc) is 2.83. The number of carboxylic acid groups (broad SMARTS) is 1. The van der Waals surface area contributed by atoms with Crippen LogP contribution in [0.15, 0.2) is 42.5 Å². The van der Waals surface area contributed by atoms with Crippen molar-refractivity contribution in [2.75, 3.05) is 0 Å². The van der Waals surface area contributed by atoms with Crippen LogP contribution >= 0.6 is 0 Å². The fourth-order valence-corrected chi connectivity index (χ4v) is 1.99. The van der Waals surface area contributed by atoms with E-state index in [0.717, 1.165) is 11.3 Å². The lowest BCUT2D eigenvalue weighted by Gasteiger charge is -2.02. The van der Waals surface area contributed by atoms with Crippen LogP contribution in [-0.2, 0) is 0 Å². The molecule has 1 N–H and O–H groups in total. The summed E-state index contributed by atoms with van der Waals surface area (Å²) in [7, 11) is 0. The minimum absolute atomic E-state index is 0.163. The van der Waals surface area contributed by atoms with Gasteiger partial charge in [0.25, 0.3) is 0 Å². The molecule has 19 heavy (non-hydrogen) atoms. The number of hydrogen-bond donors (Lipinski definition) is 1. The van der Waals surface area contributed by atoms with Crippen LogP contribution in [0.4, 0.5) is 0 Å². The highest BCUT2D eigenvalue weighted by Crippen LogP contribution is 2.19. The molecule has 0 amide bonds. The molecule has 2 aromatic carbocycles. The molecular formula is C14H11N3O2. The summed E-state index contributed by atoms with van der Waals surface area (Å²) in [6, 6.07) is 12.8. The van der Waals surface area contributed by atoms with Crippen LogP contribution in [0.1, 0.15) is 15.9 Å². The SMILES string of the molecule is Cc1ccc(-n2nnc3c(C(=O)O)cccc32)cc1. The van der Waals surface area contributed by atoms with E-state index in [1.807, 2.05) is 37.3 Å². The molecule has 3 aromatic rings. The quantitative estimate of drug-likeness (QED) is 0.761. The summed E-state index contributed by atoms with van der Waals surface area (Å²) in [6.07, 6.45) is 0. The van der Waals surface area contributed by atoms with Crippen molar-refractivity contribution < 1.29 is 9.90 Å². The monoisotopic (exact) mass is 253 g/mol. The van der Waals surface area contributed by atoms with Gasteiger partial charge in [-0.2, -0.15) is 0 Å². The first-order valence-corrected chi connectivity index (χ1v) is 5.81. The summed E-state index contributed by atoms with van der Waals surface area (Å²) in [4.78, 5) is 11.1. The van der Waals surface area contributed by atoms with Gasteiger partial charge in [0.15, 0.2) is 0 Å². The van der Waals surface area contributed by atoms with Crippen molar-refractivity contribution in [3.63, 3.8) is 0 Å². The highest BCUT2D eigenvalue weighted by atomic mass is 16.4. The second-order valence-electron chi connectivity index (χ2n) is 4.32. The molecule has 0 radical (unpaired) electrons. The fourth-order valence-electron chi connectivity index (χ4n) is 1.99. The molecule has 0 saturated carbocycles. The van der Waals surface area contributed by atoms with Crippen LogP contribution in [0.2, 0.25) is 0 Å². The molecule has 0 atom stereocenters. The summed E-state index contributed by atoms with van der Waals surface area (Å²) in [6.45, 7) is 2.01. The van der Waals surface area contributed by atoms with Crippen molar-refractivity contribution in [3.8, 4) is 5.69 Å². The third-order valence-corrected chi connectivity index (χ3v) is 2.99. The van der Waals surface area contributed by atoms with E-state index in [0.29, 0.717) is 11.0 Å². The Bertz CT molecular complexity index is 760. The van der Waals surface area contributed by atoms with Crippen LogP contribution < -0.4 is 0 Å². The van der Waals surface area contributed by atoms with Crippen molar-refractivity contribution in [2.24, 2.45) is 0 Å². The van der Waals surface area contributed by atoms with Gasteiger partial charge in [0.1, 0.15) is 5.52 Å². The number of carbonyl (C=O) groups is 1. The summed E-state index contributed by atoms with van der Waals surface area (Å²) in [5.41, 5.74) is 3.25. The number of hydrogen-bond acceptors (Lipinski definition) is 3. The maximum atomic E-state index is 11.1. The Morgan fingerprint density at radius 2 is 1.89 bits per heavy atom. The number of aromatic carboxylic acids is 1. The second kappa shape index (κ2) is 4.20. The van der Waals surface area contributed by atoms with Gasteiger partial charge < -0.3 is 5.11 Å². The first-order valence-electron chi connectivity index (χ1n) is 5.81. The number of aromatic nitrogens is 3. The topological polar surface area (TPSA) is 68.0 Å². The van der Waals surface area contributed by atoms with Gasteiger partial charge in [0.2, 0.25) is 0 Å². The van der Waals surface area contributed by atoms with Crippen molar-refractivity contribution in [2.45, 2.75) is 6.92 Å². The van der Waals surface area contributed by atoms with Gasteiger partial charge >= 0.3 is 5.97 Å². The normalized spacial score (nSPS) is 10.8. The molecule has 0 spiro atoms. The van der Waals surface area contributed by atoms with Gasteiger partial charge in [-0.1, -0.05) is 29.0 Å². The highest BCUT2D eigenvalue weighted by Gasteiger charge is 2.14. The Balaban J connectivity index is 2.24. The van der Waals surface area contributed by atoms with Crippen molar-refractivity contribution in [1.82, 2.24) is 15.0 Å². The van der Waals surface area contributed by atoms with Crippen molar-refractivity contribution in [1.29, 1.82) is 0 Å². The molecule has 94 valence electrons. The fraction of sp³-hybridized carbons (Fsp3) is 0.0714. The van der Waals surface area contributed by atoms with E-state index in [4.69, 9.17) is 5.11 Å². The molecule has 0 fully saturated rings. The van der Waals surface area contributed by atoms with Gasteiger partial charge in [0.05, 0.1) is 16.8 Å². The van der Waals surface area contributed by atoms with Gasteiger partial charge in [-0.3, -0.25) is 0 Å². The molecule has 0 saturated heterocycles. The Morgan fingerprint density at radius 3 is 2.58 bits per heavy atom. The highest BCUT2D eigenvalue weighted by molar-refractivity contribution is 6.00. The third-order valence-electron chi connectivity index (χ3n) is 2.99. The maximum absolute atomic E-state index is 11.1. The van der Waals surface area contributed by atoms with Crippen molar-refractivity contribution >= 4 is 17.0 Å². The van der Waals surface area contributed by atoms with E-state index in [1.54, 1.807) is 10.7 Å². The standard InChI is InChI=1S/C14H11N3O2/c1-9-5-7-10(8-6-9)17-12-4-2-3-11(14(18)19)13(12)15-16-17/h2-8H,1H3,(H,18,19). The van der Waals surface area contributed by atoms with Gasteiger partial charge in [-0.05, 0) is 31.2 Å². The number of benzene rings is 2. The van der Waals surface area contributed by atoms with Crippen LogP contribution in [-0.4, -0.2) is 26.1 Å². The number of fused-ring (bicyclic) bond motifs is 1. The Labute approximate surface area is 109 Å². The minimum Gasteiger partial charge on any atom is -0.478 e. The molecule has 3 rings (SSSR count). The summed E-state index contributed by atoms with van der Waals surface area (Å²) in [5.74, 6) is -0.999. The molecule has 1 aromatic heterocycles. The molecule has 5 nitrogen and oxygen atoms in total. The zero-order valence-corrected chi connectivity index (χ0v) is 10.2. The zero-order valence-electron chi connectivity index (χ0n) is 10.2. The van der Waals surface area contributed by atoms with E-state index in [2.05, 4.69) is 10.3 Å². The molecular weight excluding hydrogens is 242 g/mol. The summed E-state index contributed by atoms with van der Waals surface area (Å²) in [5, 5.41) is 17.1. The largest absolute Gasteiger partial charge is 0.478 e. The van der Waals surface area contributed by atoms with Crippen LogP contribution in [0.5, 0.6) is 0 Å². The van der Waals surface area contributed by atoms with Gasteiger partial charge in [-0.25, -0.2) is 9.48 Å². The first-order chi connectivity index (χ1) is 9.16. The van der Waals surface area contributed by atoms with Crippen LogP contribution in [0.3, 0.4) is 0 Å². The van der Waals surface area contributed by atoms with E-state index >= 15 is 0 Å². The zero-order chi connectivity index (χ0) is 13.4. The number of nitrogens with zero attached hydrogens (tertiary/aromatic N) is 3. The third kappa shape index (κ3) is 1.85. The molecule has 0 aliphatic rings. The molecule has 0 aliphatic carbocycles. The lowest BCUT2D eigenvalue weighted by Crippen LogP contribution is -1.98. The smallest absolute Gasteiger partial charge is 0.338 e. The lowest BCUT2D eigenvalue weighted by molar-refractivity contribution is 0.0699. The molecule has 1 heterocycles. The molecule has 5 heteroatoms. The predicted octanol–water partition coefficient (Wildman–Crippen LogP) is 2.43. The van der Waals surface area contributed by atoms with E-state index in [1.165, 1.54) is 6.07 Å². The second-order valence-corrected chi connectivity index (χ2v) is 4.32. The number of aryl methyl sites for hydroxylation is 1. The van der Waals surface area contributed by atoms with E-state index in [-0.39, 0.29) is 5.56 Å². The summed E-state index contributed by atoms with van der Waals surface area (Å²) >= 11 is 0. The summed E-state index contributed by atoms with van der Waals surface area (Å²) < 4.78 is 1.64. The van der Waals surface area contributed by atoms with E-state index in [9.17, 15) is 4.79 Å². The predicted molar refractivity (Wildman–Crippen MR) is 70.6 cm³/mol. The van der Waals surface area contributed by atoms with E-state index < -0.39 is 5.97 Å². The Hall–Kier alpha value is -2.69. The molecule has 0 aliphatic heterocycles. The minimum atomic E-state index is -0.999. The van der Waals surface area contributed by atoms with Gasteiger partial charge in [-0.15, -0.1) is 5.10 Å².